The first-order valence-corrected chi connectivity index (χ1v) is 7.24. The van der Waals surface area contributed by atoms with Crippen LogP contribution in [0.5, 0.6) is 0 Å². The Kier molecular flexibility index (Phi) is 15.4. The summed E-state index contributed by atoms with van der Waals surface area (Å²) in [5, 5.41) is 0. The van der Waals surface area contributed by atoms with Gasteiger partial charge in [-0.05, 0) is 0 Å². The van der Waals surface area contributed by atoms with E-state index in [4.69, 9.17) is 0 Å². The zero-order valence-electron chi connectivity index (χ0n) is 14.8. The van der Waals surface area contributed by atoms with Gasteiger partial charge >= 0.3 is 26.2 Å². The summed E-state index contributed by atoms with van der Waals surface area (Å²) in [6, 6.07) is 8.55. The smallest absolute Gasteiger partial charge is 1.00 e. The molecular formula is C19H28Cl2Zr. The Morgan fingerprint density at radius 3 is 1.45 bits per heavy atom. The van der Waals surface area contributed by atoms with Crippen molar-refractivity contribution in [3.63, 3.8) is 0 Å². The summed E-state index contributed by atoms with van der Waals surface area (Å²) < 4.78 is 0. The van der Waals surface area contributed by atoms with E-state index in [9.17, 15) is 0 Å². The van der Waals surface area contributed by atoms with E-state index in [1.54, 1.807) is 0 Å². The summed E-state index contributed by atoms with van der Waals surface area (Å²) in [6.45, 7) is 15.5. The largest absolute Gasteiger partial charge is 4.00 e. The molecule has 122 valence electrons. The zero-order chi connectivity index (χ0) is 14.6. The summed E-state index contributed by atoms with van der Waals surface area (Å²) in [5.41, 5.74) is 8.80. The van der Waals surface area contributed by atoms with Gasteiger partial charge in [-0.2, -0.15) is 45.5 Å². The van der Waals surface area contributed by atoms with Gasteiger partial charge in [0, 0.05) is 0 Å². The van der Waals surface area contributed by atoms with Crippen molar-refractivity contribution in [1.29, 1.82) is 0 Å². The van der Waals surface area contributed by atoms with Crippen molar-refractivity contribution < 1.29 is 51.0 Å². The van der Waals surface area contributed by atoms with Gasteiger partial charge in [-0.15, -0.1) is 0 Å². The third-order valence-corrected chi connectivity index (χ3v) is 4.19. The van der Waals surface area contributed by atoms with Crippen molar-refractivity contribution >= 4 is 0 Å². The van der Waals surface area contributed by atoms with Crippen molar-refractivity contribution in [2.45, 2.75) is 54.9 Å². The SMILES string of the molecule is CC(C)C[c-]1cccc1.Cc1c(C)c(C)[c-](C)c1C.[Cl-].[Cl-].[Zr+4]. The van der Waals surface area contributed by atoms with Gasteiger partial charge in [-0.3, -0.25) is 0 Å². The molecule has 0 aliphatic heterocycles. The first kappa shape index (κ1) is 27.0. The summed E-state index contributed by atoms with van der Waals surface area (Å²) in [4.78, 5) is 0. The van der Waals surface area contributed by atoms with E-state index in [-0.39, 0.29) is 51.0 Å². The Bertz CT molecular complexity index is 428. The van der Waals surface area contributed by atoms with E-state index in [1.807, 2.05) is 0 Å². The summed E-state index contributed by atoms with van der Waals surface area (Å²) >= 11 is 0. The minimum Gasteiger partial charge on any atom is -1.00 e. The molecule has 0 N–H and O–H groups in total. The number of rotatable bonds is 2. The molecule has 0 aliphatic rings. The zero-order valence-corrected chi connectivity index (χ0v) is 18.8. The van der Waals surface area contributed by atoms with Crippen LogP contribution in [-0.2, 0) is 32.6 Å². The first-order chi connectivity index (χ1) is 8.84. The van der Waals surface area contributed by atoms with Crippen LogP contribution in [-0.4, -0.2) is 0 Å². The Morgan fingerprint density at radius 1 is 0.864 bits per heavy atom. The quantitative estimate of drug-likeness (QED) is 0.580. The van der Waals surface area contributed by atoms with Crippen LogP contribution in [0.4, 0.5) is 0 Å². The summed E-state index contributed by atoms with van der Waals surface area (Å²) in [7, 11) is 0. The van der Waals surface area contributed by atoms with Crippen LogP contribution in [0, 0.1) is 40.5 Å². The molecule has 0 nitrogen and oxygen atoms in total. The second-order valence-corrected chi connectivity index (χ2v) is 6.02. The average Bonchev–Trinajstić information content (AvgIpc) is 2.91. The molecule has 2 rings (SSSR count). The van der Waals surface area contributed by atoms with Crippen LogP contribution in [0.15, 0.2) is 24.3 Å². The van der Waals surface area contributed by atoms with E-state index in [0.717, 1.165) is 5.92 Å². The standard InChI is InChI=1S/C10H15.C9H13.2ClH.Zr/c1-6-7(2)9(4)10(5)8(6)3;1-8(2)7-9-5-3-4-6-9;;;/h1-5H3;3-6,8H,7H2,1-2H3;2*1H;/q2*-1;;;+4/p-2. The molecule has 0 aliphatic carbocycles. The fourth-order valence-electron chi connectivity index (χ4n) is 2.43. The normalized spacial score (nSPS) is 9.09. The molecule has 0 bridgehead atoms. The van der Waals surface area contributed by atoms with E-state index < -0.39 is 0 Å². The molecule has 0 saturated carbocycles. The predicted molar refractivity (Wildman–Crippen MR) is 86.3 cm³/mol. The Hall–Kier alpha value is 0.163. The van der Waals surface area contributed by atoms with Crippen molar-refractivity contribution in [2.24, 2.45) is 5.92 Å². The second kappa shape index (κ2) is 12.6. The van der Waals surface area contributed by atoms with E-state index in [2.05, 4.69) is 72.7 Å². The monoisotopic (exact) mass is 416 g/mol. The van der Waals surface area contributed by atoms with Crippen LogP contribution in [0.3, 0.4) is 0 Å². The van der Waals surface area contributed by atoms with Gasteiger partial charge in [-0.25, -0.2) is 12.1 Å². The predicted octanol–water partition coefficient (Wildman–Crippen LogP) is -0.443. The molecule has 0 spiro atoms. The molecular weight excluding hydrogens is 390 g/mol. The average molecular weight is 419 g/mol. The van der Waals surface area contributed by atoms with Crippen molar-refractivity contribution in [3.8, 4) is 0 Å². The van der Waals surface area contributed by atoms with Gasteiger partial charge in [0.2, 0.25) is 0 Å². The van der Waals surface area contributed by atoms with Gasteiger partial charge in [0.15, 0.2) is 0 Å². The van der Waals surface area contributed by atoms with Crippen LogP contribution in [0.1, 0.15) is 47.2 Å². The molecule has 22 heavy (non-hydrogen) atoms. The molecule has 3 heteroatoms. The molecule has 0 fully saturated rings. The Labute approximate surface area is 168 Å². The maximum atomic E-state index is 2.24. The third-order valence-electron chi connectivity index (χ3n) is 4.19. The van der Waals surface area contributed by atoms with E-state index in [1.165, 1.54) is 39.8 Å². The van der Waals surface area contributed by atoms with Gasteiger partial charge < -0.3 is 24.8 Å². The third kappa shape index (κ3) is 7.62. The second-order valence-electron chi connectivity index (χ2n) is 6.02. The van der Waals surface area contributed by atoms with Crippen LogP contribution in [0.2, 0.25) is 0 Å². The van der Waals surface area contributed by atoms with E-state index >= 15 is 0 Å². The fraction of sp³-hybridized carbons (Fsp3) is 0.474. The molecule has 0 aromatic heterocycles. The molecule has 0 radical (unpaired) electrons. The molecule has 0 unspecified atom stereocenters. The Morgan fingerprint density at radius 2 is 1.23 bits per heavy atom. The number of hydrogen-bond donors (Lipinski definition) is 0. The fourth-order valence-corrected chi connectivity index (χ4v) is 2.43. The molecule has 0 saturated heterocycles. The molecule has 2 aromatic rings. The first-order valence-electron chi connectivity index (χ1n) is 7.24. The van der Waals surface area contributed by atoms with Gasteiger partial charge in [0.1, 0.15) is 0 Å². The van der Waals surface area contributed by atoms with Gasteiger partial charge in [0.25, 0.3) is 0 Å². The topological polar surface area (TPSA) is 0 Å². The molecule has 2 aromatic carbocycles. The molecule has 0 atom stereocenters. The minimum atomic E-state index is 0. The minimum absolute atomic E-state index is 0. The van der Waals surface area contributed by atoms with Crippen molar-refractivity contribution in [3.05, 3.63) is 57.6 Å². The van der Waals surface area contributed by atoms with Crippen LogP contribution < -0.4 is 24.8 Å². The number of hydrogen-bond acceptors (Lipinski definition) is 0. The van der Waals surface area contributed by atoms with Crippen molar-refractivity contribution in [1.82, 2.24) is 0 Å². The van der Waals surface area contributed by atoms with Gasteiger partial charge in [-0.1, -0.05) is 60.8 Å². The van der Waals surface area contributed by atoms with Crippen LogP contribution >= 0.6 is 0 Å². The van der Waals surface area contributed by atoms with Crippen LogP contribution in [0.25, 0.3) is 0 Å². The maximum Gasteiger partial charge on any atom is 4.00 e. The molecule has 0 amide bonds. The summed E-state index contributed by atoms with van der Waals surface area (Å²) in [5.74, 6) is 0.785. The van der Waals surface area contributed by atoms with E-state index in [0.29, 0.717) is 0 Å². The van der Waals surface area contributed by atoms with Gasteiger partial charge in [0.05, 0.1) is 0 Å². The molecule has 0 heterocycles. The Balaban J connectivity index is -0.000000290. The maximum absolute atomic E-state index is 2.24. The van der Waals surface area contributed by atoms with Crippen molar-refractivity contribution in [2.75, 3.05) is 0 Å². The summed E-state index contributed by atoms with van der Waals surface area (Å²) in [6.07, 6.45) is 1.22. The number of halogens is 2.